The first kappa shape index (κ1) is 23.2. The summed E-state index contributed by atoms with van der Waals surface area (Å²) in [4.78, 5) is 23.6. The van der Waals surface area contributed by atoms with E-state index in [1.165, 1.54) is 14.0 Å². The average molecular weight is 560 g/mol. The van der Waals surface area contributed by atoms with E-state index in [1.807, 2.05) is 0 Å². The Kier molecular flexibility index (Phi) is 8.50. The van der Waals surface area contributed by atoms with E-state index in [2.05, 4.69) is 53.1 Å². The average Bonchev–Trinajstić information content (AvgIpc) is 2.62. The topological polar surface area (TPSA) is 91.5 Å². The van der Waals surface area contributed by atoms with Gasteiger partial charge in [-0.15, -0.1) is 0 Å². The van der Waals surface area contributed by atoms with E-state index in [1.54, 1.807) is 36.4 Å². The van der Waals surface area contributed by atoms with Crippen LogP contribution in [0.5, 0.6) is 5.75 Å². The lowest BCUT2D eigenvalue weighted by molar-refractivity contribution is -0.117. The van der Waals surface area contributed by atoms with E-state index in [9.17, 15) is 9.59 Å². The first-order chi connectivity index (χ1) is 13.7. The van der Waals surface area contributed by atoms with Gasteiger partial charge in [0, 0.05) is 22.8 Å². The van der Waals surface area contributed by atoms with Gasteiger partial charge in [0.05, 0.1) is 17.1 Å². The van der Waals surface area contributed by atoms with Crippen LogP contribution in [0.25, 0.3) is 0 Å². The molecule has 2 rings (SSSR count). The molecule has 0 bridgehead atoms. The Morgan fingerprint density at radius 3 is 1.93 bits per heavy atom. The fourth-order valence-corrected chi connectivity index (χ4v) is 4.09. The molecule has 0 aromatic heterocycles. The number of benzene rings is 2. The number of nitrogens with one attached hydrogen (secondary N) is 4. The van der Waals surface area contributed by atoms with Gasteiger partial charge in [-0.3, -0.25) is 14.9 Å². The van der Waals surface area contributed by atoms with Crippen LogP contribution in [0.1, 0.15) is 17.3 Å². The fraction of sp³-hybridized carbons (Fsp3) is 0.111. The van der Waals surface area contributed by atoms with E-state index in [0.717, 1.165) is 4.47 Å². The fourth-order valence-electron chi connectivity index (χ4n) is 2.23. The minimum atomic E-state index is -0.416. The maximum absolute atomic E-state index is 12.6. The first-order valence-corrected chi connectivity index (χ1v) is 10.4. The molecule has 0 atom stereocenters. The Labute approximate surface area is 195 Å². The molecule has 29 heavy (non-hydrogen) atoms. The summed E-state index contributed by atoms with van der Waals surface area (Å²) >= 11 is 16.9. The number of anilines is 2. The molecule has 0 unspecified atom stereocenters. The van der Waals surface area contributed by atoms with Gasteiger partial charge in [-0.1, -0.05) is 15.9 Å². The van der Waals surface area contributed by atoms with Crippen LogP contribution in [-0.2, 0) is 4.79 Å². The van der Waals surface area contributed by atoms with Gasteiger partial charge < -0.3 is 20.7 Å². The van der Waals surface area contributed by atoms with Crippen LogP contribution in [0.4, 0.5) is 11.4 Å². The van der Waals surface area contributed by atoms with Crippen LogP contribution in [0.3, 0.4) is 0 Å². The van der Waals surface area contributed by atoms with E-state index >= 15 is 0 Å². The summed E-state index contributed by atoms with van der Waals surface area (Å²) < 4.78 is 6.64. The molecule has 2 aromatic carbocycles. The van der Waals surface area contributed by atoms with Crippen molar-refractivity contribution >= 4 is 89.7 Å². The van der Waals surface area contributed by atoms with Crippen molar-refractivity contribution in [2.75, 3.05) is 17.7 Å². The lowest BCUT2D eigenvalue weighted by Gasteiger charge is -2.14. The summed E-state index contributed by atoms with van der Waals surface area (Å²) in [6.07, 6.45) is 0. The summed E-state index contributed by atoms with van der Waals surface area (Å²) in [6, 6.07) is 10.4. The Morgan fingerprint density at radius 2 is 1.45 bits per heavy atom. The van der Waals surface area contributed by atoms with Crippen molar-refractivity contribution in [2.45, 2.75) is 6.92 Å². The highest BCUT2D eigenvalue weighted by atomic mass is 79.9. The van der Waals surface area contributed by atoms with Gasteiger partial charge >= 0.3 is 0 Å². The minimum absolute atomic E-state index is 0.127. The molecule has 0 saturated heterocycles. The Morgan fingerprint density at radius 1 is 0.931 bits per heavy atom. The van der Waals surface area contributed by atoms with Crippen LogP contribution in [0.15, 0.2) is 45.3 Å². The highest BCUT2D eigenvalue weighted by molar-refractivity contribution is 9.11. The van der Waals surface area contributed by atoms with E-state index in [4.69, 9.17) is 29.2 Å². The summed E-state index contributed by atoms with van der Waals surface area (Å²) in [5.74, 6) is -0.268. The van der Waals surface area contributed by atoms with Crippen molar-refractivity contribution in [1.82, 2.24) is 10.6 Å². The predicted octanol–water partition coefficient (Wildman–Crippen LogP) is 4.18. The molecule has 7 nitrogen and oxygen atoms in total. The minimum Gasteiger partial charge on any atom is -0.495 e. The van der Waals surface area contributed by atoms with Crippen molar-refractivity contribution in [3.05, 3.63) is 50.9 Å². The van der Waals surface area contributed by atoms with Gasteiger partial charge in [-0.2, -0.15) is 0 Å². The number of rotatable bonds is 4. The number of methoxy groups -OCH3 is 1. The summed E-state index contributed by atoms with van der Waals surface area (Å²) in [5.41, 5.74) is 1.67. The van der Waals surface area contributed by atoms with Gasteiger partial charge in [0.25, 0.3) is 5.91 Å². The second kappa shape index (κ2) is 10.6. The van der Waals surface area contributed by atoms with Crippen molar-refractivity contribution < 1.29 is 14.3 Å². The largest absolute Gasteiger partial charge is 0.495 e. The zero-order valence-corrected chi connectivity index (χ0v) is 20.1. The zero-order valence-electron chi connectivity index (χ0n) is 15.3. The molecule has 2 amide bonds. The van der Waals surface area contributed by atoms with Crippen molar-refractivity contribution in [3.8, 4) is 5.75 Å². The lowest BCUT2D eigenvalue weighted by Crippen LogP contribution is -2.34. The van der Waals surface area contributed by atoms with Crippen LogP contribution < -0.4 is 26.0 Å². The third-order valence-electron chi connectivity index (χ3n) is 3.37. The summed E-state index contributed by atoms with van der Waals surface area (Å²) in [6.45, 7) is 1.37. The molecule has 152 valence electrons. The number of halogens is 2. The molecule has 0 fully saturated rings. The van der Waals surface area contributed by atoms with Crippen molar-refractivity contribution in [2.24, 2.45) is 0 Å². The molecular weight excluding hydrogens is 544 g/mol. The van der Waals surface area contributed by atoms with E-state index in [0.29, 0.717) is 27.2 Å². The van der Waals surface area contributed by atoms with Gasteiger partial charge in [-0.05, 0) is 76.8 Å². The Balaban J connectivity index is 2.00. The highest BCUT2D eigenvalue weighted by Crippen LogP contribution is 2.32. The van der Waals surface area contributed by atoms with Crippen LogP contribution in [0.2, 0.25) is 0 Å². The molecule has 0 aliphatic heterocycles. The van der Waals surface area contributed by atoms with Crippen molar-refractivity contribution in [1.29, 1.82) is 0 Å². The molecule has 11 heteroatoms. The smallest absolute Gasteiger partial charge is 0.261 e. The number of amides is 2. The third-order valence-corrected chi connectivity index (χ3v) is 4.83. The molecule has 0 aliphatic rings. The van der Waals surface area contributed by atoms with Gasteiger partial charge in [0.2, 0.25) is 5.91 Å². The number of hydrogen-bond donors (Lipinski definition) is 4. The van der Waals surface area contributed by atoms with E-state index in [-0.39, 0.29) is 16.1 Å². The van der Waals surface area contributed by atoms with Crippen molar-refractivity contribution in [3.63, 3.8) is 0 Å². The molecule has 0 radical (unpaired) electrons. The number of ether oxygens (including phenoxy) is 1. The van der Waals surface area contributed by atoms with Crippen LogP contribution in [0, 0.1) is 0 Å². The molecule has 0 saturated carbocycles. The number of thiocarbonyl (C=S) groups is 2. The Bertz CT molecular complexity index is 968. The normalized spacial score (nSPS) is 9.93. The van der Waals surface area contributed by atoms with Gasteiger partial charge in [-0.25, -0.2) is 0 Å². The molecule has 0 heterocycles. The standard InChI is InChI=1S/C18H16Br2N4O3S2/c1-9(25)21-17(28)22-11-3-5-12(6-4-11)23-18(29)24-16(26)13-7-10(19)8-14(20)15(13)27-2/h3-8H,1-2H3,(H2,21,22,25,28)(H2,23,24,26,29). The van der Waals surface area contributed by atoms with Gasteiger partial charge in [0.15, 0.2) is 10.2 Å². The molecular formula is C18H16Br2N4O3S2. The number of carbonyl (C=O) groups excluding carboxylic acids is 2. The monoisotopic (exact) mass is 558 g/mol. The molecule has 0 spiro atoms. The van der Waals surface area contributed by atoms with Gasteiger partial charge in [0.1, 0.15) is 5.75 Å². The maximum Gasteiger partial charge on any atom is 0.261 e. The molecule has 2 aromatic rings. The van der Waals surface area contributed by atoms with Crippen LogP contribution in [-0.4, -0.2) is 29.1 Å². The second-order valence-corrected chi connectivity index (χ2v) is 8.18. The maximum atomic E-state index is 12.6. The summed E-state index contributed by atoms with van der Waals surface area (Å²) in [5, 5.41) is 11.2. The zero-order chi connectivity index (χ0) is 21.6. The lowest BCUT2D eigenvalue weighted by atomic mass is 10.2. The highest BCUT2D eigenvalue weighted by Gasteiger charge is 2.17. The number of hydrogen-bond acceptors (Lipinski definition) is 5. The number of carbonyl (C=O) groups is 2. The van der Waals surface area contributed by atoms with Crippen LogP contribution >= 0.6 is 56.3 Å². The second-order valence-electron chi connectivity index (χ2n) is 5.59. The SMILES string of the molecule is COc1c(Br)cc(Br)cc1C(=O)NC(=S)Nc1ccc(NC(=S)NC(C)=O)cc1. The molecule has 4 N–H and O–H groups in total. The third kappa shape index (κ3) is 7.03. The predicted molar refractivity (Wildman–Crippen MR) is 129 cm³/mol. The summed E-state index contributed by atoms with van der Waals surface area (Å²) in [7, 11) is 1.48. The van der Waals surface area contributed by atoms with E-state index < -0.39 is 5.91 Å². The first-order valence-electron chi connectivity index (χ1n) is 8.03. The quantitative estimate of drug-likeness (QED) is 0.418. The Hall–Kier alpha value is -2.08. The molecule has 0 aliphatic carbocycles.